The molecule has 3 nitrogen and oxygen atoms in total. The Balaban J connectivity index is 1.93. The fraction of sp³-hybridized carbons (Fsp3) is 0.438. The van der Waals surface area contributed by atoms with Crippen molar-refractivity contribution in [2.75, 3.05) is 16.8 Å². The SMILES string of the molecule is CC(C)CCSCC(=O)Nc1cccc2c1ccn2C. The number of amides is 1. The Bertz CT molecular complexity index is 589. The highest BCUT2D eigenvalue weighted by molar-refractivity contribution is 7.99. The van der Waals surface area contributed by atoms with Crippen molar-refractivity contribution in [3.8, 4) is 0 Å². The quantitative estimate of drug-likeness (QED) is 0.819. The standard InChI is InChI=1S/C16H22N2OS/c1-12(2)8-10-20-11-16(19)17-14-5-4-6-15-13(14)7-9-18(15)3/h4-7,9,12H,8,10-11H2,1-3H3,(H,17,19). The molecule has 0 fully saturated rings. The van der Waals surface area contributed by atoms with Crippen LogP contribution in [0.2, 0.25) is 0 Å². The minimum absolute atomic E-state index is 0.0788. The summed E-state index contributed by atoms with van der Waals surface area (Å²) < 4.78 is 2.06. The molecule has 0 spiro atoms. The Morgan fingerprint density at radius 2 is 2.15 bits per heavy atom. The molecular weight excluding hydrogens is 268 g/mol. The number of benzene rings is 1. The summed E-state index contributed by atoms with van der Waals surface area (Å²) >= 11 is 1.70. The van der Waals surface area contributed by atoms with Gasteiger partial charge in [0.2, 0.25) is 5.91 Å². The second-order valence-electron chi connectivity index (χ2n) is 5.45. The molecular formula is C16H22N2OS. The lowest BCUT2D eigenvalue weighted by Gasteiger charge is -2.08. The first-order chi connectivity index (χ1) is 9.58. The van der Waals surface area contributed by atoms with Gasteiger partial charge in [0.1, 0.15) is 0 Å². The summed E-state index contributed by atoms with van der Waals surface area (Å²) in [6, 6.07) is 8.03. The van der Waals surface area contributed by atoms with Crippen molar-refractivity contribution in [3.63, 3.8) is 0 Å². The van der Waals surface area contributed by atoms with Crippen LogP contribution < -0.4 is 5.32 Å². The molecule has 108 valence electrons. The van der Waals surface area contributed by atoms with E-state index in [1.165, 1.54) is 0 Å². The van der Waals surface area contributed by atoms with E-state index in [1.807, 2.05) is 31.4 Å². The van der Waals surface area contributed by atoms with Crippen LogP contribution in [0.15, 0.2) is 30.5 Å². The first-order valence-corrected chi connectivity index (χ1v) is 8.15. The van der Waals surface area contributed by atoms with Crippen LogP contribution >= 0.6 is 11.8 Å². The molecule has 0 bridgehead atoms. The van der Waals surface area contributed by atoms with Crippen LogP contribution in [-0.2, 0) is 11.8 Å². The van der Waals surface area contributed by atoms with Crippen LogP contribution in [0.5, 0.6) is 0 Å². The molecule has 1 amide bonds. The lowest BCUT2D eigenvalue weighted by Crippen LogP contribution is -2.14. The lowest BCUT2D eigenvalue weighted by molar-refractivity contribution is -0.113. The van der Waals surface area contributed by atoms with Crippen molar-refractivity contribution < 1.29 is 4.79 Å². The monoisotopic (exact) mass is 290 g/mol. The number of nitrogens with zero attached hydrogens (tertiary/aromatic N) is 1. The maximum absolute atomic E-state index is 12.0. The highest BCUT2D eigenvalue weighted by Gasteiger charge is 2.07. The fourth-order valence-electron chi connectivity index (χ4n) is 2.08. The molecule has 4 heteroatoms. The predicted octanol–water partition coefficient (Wildman–Crippen LogP) is 3.90. The molecule has 0 unspecified atom stereocenters. The van der Waals surface area contributed by atoms with Gasteiger partial charge in [-0.05, 0) is 36.3 Å². The summed E-state index contributed by atoms with van der Waals surface area (Å²) in [4.78, 5) is 12.0. The number of aromatic nitrogens is 1. The number of fused-ring (bicyclic) bond motifs is 1. The lowest BCUT2D eigenvalue weighted by atomic mass is 10.2. The Morgan fingerprint density at radius 3 is 2.90 bits per heavy atom. The third kappa shape index (κ3) is 3.79. The highest BCUT2D eigenvalue weighted by atomic mass is 32.2. The summed E-state index contributed by atoms with van der Waals surface area (Å²) in [7, 11) is 2.01. The zero-order chi connectivity index (χ0) is 14.5. The Morgan fingerprint density at radius 1 is 1.35 bits per heavy atom. The van der Waals surface area contributed by atoms with Gasteiger partial charge in [-0.1, -0.05) is 19.9 Å². The number of hydrogen-bond acceptors (Lipinski definition) is 2. The minimum Gasteiger partial charge on any atom is -0.350 e. The zero-order valence-electron chi connectivity index (χ0n) is 12.3. The first kappa shape index (κ1) is 15.0. The van der Waals surface area contributed by atoms with Crippen molar-refractivity contribution in [2.45, 2.75) is 20.3 Å². The van der Waals surface area contributed by atoms with Gasteiger partial charge in [-0.2, -0.15) is 11.8 Å². The van der Waals surface area contributed by atoms with E-state index < -0.39 is 0 Å². The molecule has 1 N–H and O–H groups in total. The minimum atomic E-state index is 0.0788. The van der Waals surface area contributed by atoms with Crippen molar-refractivity contribution in [1.29, 1.82) is 0 Å². The third-order valence-corrected chi connectivity index (χ3v) is 4.27. The van der Waals surface area contributed by atoms with E-state index in [1.54, 1.807) is 11.8 Å². The number of aryl methyl sites for hydroxylation is 1. The summed E-state index contributed by atoms with van der Waals surface area (Å²) in [5, 5.41) is 4.11. The second kappa shape index (κ2) is 6.84. The number of thioether (sulfide) groups is 1. The predicted molar refractivity (Wildman–Crippen MR) is 88.3 cm³/mol. The van der Waals surface area contributed by atoms with Gasteiger partial charge in [0, 0.05) is 24.1 Å². The van der Waals surface area contributed by atoms with Gasteiger partial charge in [0.25, 0.3) is 0 Å². The fourth-order valence-corrected chi connectivity index (χ4v) is 3.12. The largest absolute Gasteiger partial charge is 0.350 e. The van der Waals surface area contributed by atoms with E-state index in [0.29, 0.717) is 11.7 Å². The molecule has 0 radical (unpaired) electrons. The second-order valence-corrected chi connectivity index (χ2v) is 6.55. The van der Waals surface area contributed by atoms with Gasteiger partial charge in [0.15, 0.2) is 0 Å². The Labute approximate surface area is 124 Å². The van der Waals surface area contributed by atoms with Gasteiger partial charge in [-0.25, -0.2) is 0 Å². The smallest absolute Gasteiger partial charge is 0.234 e. The summed E-state index contributed by atoms with van der Waals surface area (Å²) in [6.07, 6.45) is 3.17. The van der Waals surface area contributed by atoms with Crippen molar-refractivity contribution >= 4 is 34.3 Å². The number of nitrogens with one attached hydrogen (secondary N) is 1. The van der Waals surface area contributed by atoms with E-state index >= 15 is 0 Å². The van der Waals surface area contributed by atoms with Crippen LogP contribution in [0.3, 0.4) is 0 Å². The number of carbonyl (C=O) groups is 1. The van der Waals surface area contributed by atoms with E-state index in [9.17, 15) is 4.79 Å². The van der Waals surface area contributed by atoms with E-state index in [-0.39, 0.29) is 5.91 Å². The highest BCUT2D eigenvalue weighted by Crippen LogP contribution is 2.24. The average molecular weight is 290 g/mol. The topological polar surface area (TPSA) is 34.0 Å². The molecule has 1 heterocycles. The molecule has 1 aromatic heterocycles. The summed E-state index contributed by atoms with van der Waals surface area (Å²) in [6.45, 7) is 4.41. The average Bonchev–Trinajstić information content (AvgIpc) is 2.78. The van der Waals surface area contributed by atoms with E-state index in [0.717, 1.165) is 28.8 Å². The molecule has 2 aromatic rings. The third-order valence-electron chi connectivity index (χ3n) is 3.27. The Hall–Kier alpha value is -1.42. The summed E-state index contributed by atoms with van der Waals surface area (Å²) in [5.74, 6) is 2.34. The number of rotatable bonds is 6. The summed E-state index contributed by atoms with van der Waals surface area (Å²) in [5.41, 5.74) is 2.04. The van der Waals surface area contributed by atoms with Gasteiger partial charge in [0.05, 0.1) is 11.4 Å². The molecule has 0 aliphatic rings. The number of hydrogen-bond donors (Lipinski definition) is 1. The van der Waals surface area contributed by atoms with Gasteiger partial charge in [-0.15, -0.1) is 0 Å². The molecule has 0 saturated carbocycles. The molecule has 2 rings (SSSR count). The van der Waals surface area contributed by atoms with Crippen LogP contribution in [-0.4, -0.2) is 22.0 Å². The first-order valence-electron chi connectivity index (χ1n) is 6.99. The van der Waals surface area contributed by atoms with E-state index in [2.05, 4.69) is 29.8 Å². The van der Waals surface area contributed by atoms with Crippen molar-refractivity contribution in [1.82, 2.24) is 4.57 Å². The van der Waals surface area contributed by atoms with Crippen molar-refractivity contribution in [2.24, 2.45) is 13.0 Å². The maximum Gasteiger partial charge on any atom is 0.234 e. The normalized spacial score (nSPS) is 11.2. The molecule has 0 aliphatic heterocycles. The van der Waals surface area contributed by atoms with Crippen LogP contribution in [0.4, 0.5) is 5.69 Å². The molecule has 0 aliphatic carbocycles. The van der Waals surface area contributed by atoms with Crippen LogP contribution in [0, 0.1) is 5.92 Å². The van der Waals surface area contributed by atoms with E-state index in [4.69, 9.17) is 0 Å². The molecule has 1 aromatic carbocycles. The van der Waals surface area contributed by atoms with Crippen molar-refractivity contribution in [3.05, 3.63) is 30.5 Å². The Kier molecular flexibility index (Phi) is 5.12. The van der Waals surface area contributed by atoms with Crippen LogP contribution in [0.1, 0.15) is 20.3 Å². The number of carbonyl (C=O) groups excluding carboxylic acids is 1. The van der Waals surface area contributed by atoms with Gasteiger partial charge < -0.3 is 9.88 Å². The zero-order valence-corrected chi connectivity index (χ0v) is 13.2. The molecule has 0 atom stereocenters. The number of anilines is 1. The van der Waals surface area contributed by atoms with Crippen LogP contribution in [0.25, 0.3) is 10.9 Å². The molecule has 20 heavy (non-hydrogen) atoms. The van der Waals surface area contributed by atoms with Gasteiger partial charge in [-0.3, -0.25) is 4.79 Å². The maximum atomic E-state index is 12.0. The molecule has 0 saturated heterocycles. The van der Waals surface area contributed by atoms with Gasteiger partial charge >= 0.3 is 0 Å².